The lowest BCUT2D eigenvalue weighted by Gasteiger charge is -2.15. The van der Waals surface area contributed by atoms with E-state index in [1.54, 1.807) is 0 Å². The molecular formula is C54H34N2S2. The van der Waals surface area contributed by atoms with E-state index in [4.69, 9.17) is 0 Å². The molecule has 2 aliphatic rings. The summed E-state index contributed by atoms with van der Waals surface area (Å²) in [4.78, 5) is 1.40. The maximum atomic E-state index is 2.51. The summed E-state index contributed by atoms with van der Waals surface area (Å²) in [6, 6.07) is 63.5. The highest BCUT2D eigenvalue weighted by molar-refractivity contribution is 8.00. The number of thioether (sulfide) groups is 1. The molecule has 8 aromatic carbocycles. The van der Waals surface area contributed by atoms with Gasteiger partial charge in [0.05, 0.1) is 22.1 Å². The lowest BCUT2D eigenvalue weighted by atomic mass is 9.90. The Morgan fingerprint density at radius 1 is 0.414 bits per heavy atom. The van der Waals surface area contributed by atoms with Crippen LogP contribution in [0.4, 0.5) is 0 Å². The number of aromatic nitrogens is 2. The number of allylic oxidation sites excluding steroid dienone is 3. The SMILES string of the molecule is C1=CC2Sc3ccc(-c4cccc(-n5c6ccccc6c6ccc7c(c8ccccc8n7-c7cccc(-c8ccc9sc%10ccccc%10c9c8)c7)c65)c4)cc3C2C=C1. The first-order valence-corrected chi connectivity index (χ1v) is 21.7. The molecule has 2 nitrogen and oxygen atoms in total. The summed E-state index contributed by atoms with van der Waals surface area (Å²) in [6.45, 7) is 0. The normalized spacial score (nSPS) is 16.1. The zero-order valence-corrected chi connectivity index (χ0v) is 33.0. The Labute approximate surface area is 343 Å². The van der Waals surface area contributed by atoms with Crippen molar-refractivity contribution in [3.8, 4) is 33.6 Å². The van der Waals surface area contributed by atoms with Crippen LogP contribution >= 0.6 is 23.1 Å². The van der Waals surface area contributed by atoms with Gasteiger partial charge < -0.3 is 9.13 Å². The van der Waals surface area contributed by atoms with Crippen LogP contribution in [0.2, 0.25) is 0 Å². The molecule has 0 saturated carbocycles. The van der Waals surface area contributed by atoms with Gasteiger partial charge in [0.15, 0.2) is 0 Å². The molecule has 0 N–H and O–H groups in total. The van der Waals surface area contributed by atoms with Gasteiger partial charge in [0.1, 0.15) is 0 Å². The number of nitrogens with zero attached hydrogens (tertiary/aromatic N) is 2. The molecule has 0 amide bonds. The van der Waals surface area contributed by atoms with Gasteiger partial charge >= 0.3 is 0 Å². The number of rotatable bonds is 4. The third-order valence-electron chi connectivity index (χ3n) is 12.4. The van der Waals surface area contributed by atoms with Gasteiger partial charge in [-0.25, -0.2) is 0 Å². The van der Waals surface area contributed by atoms with Crippen LogP contribution < -0.4 is 0 Å². The summed E-state index contributed by atoms with van der Waals surface area (Å²) in [5, 5.41) is 8.18. The van der Waals surface area contributed by atoms with Crippen molar-refractivity contribution in [1.29, 1.82) is 0 Å². The van der Waals surface area contributed by atoms with Crippen LogP contribution in [0.5, 0.6) is 0 Å². The summed E-state index contributed by atoms with van der Waals surface area (Å²) >= 11 is 3.85. The molecule has 2 unspecified atom stereocenters. The quantitative estimate of drug-likeness (QED) is 0.173. The van der Waals surface area contributed by atoms with Crippen LogP contribution in [-0.2, 0) is 0 Å². The summed E-state index contributed by atoms with van der Waals surface area (Å²) in [7, 11) is 0. The zero-order chi connectivity index (χ0) is 37.9. The molecule has 13 rings (SSSR count). The number of hydrogen-bond donors (Lipinski definition) is 0. The molecule has 11 aromatic rings. The van der Waals surface area contributed by atoms with Gasteiger partial charge in [-0.2, -0.15) is 0 Å². The van der Waals surface area contributed by atoms with Crippen molar-refractivity contribution < 1.29 is 0 Å². The summed E-state index contributed by atoms with van der Waals surface area (Å²) < 4.78 is 7.64. The average Bonchev–Trinajstić information content (AvgIpc) is 4.03. The van der Waals surface area contributed by atoms with Crippen molar-refractivity contribution >= 4 is 86.9 Å². The predicted octanol–water partition coefficient (Wildman–Crippen LogP) is 15.3. The molecule has 4 heteroatoms. The topological polar surface area (TPSA) is 9.86 Å². The standard InChI is InChI=1S/C54H34N2S2/c1-5-19-46-39(15-1)42-25-26-48-53(54(42)56(46)38-14-10-12-34(30-38)36-24-28-52-45(32-36)41-17-4-8-22-50(41)58-52)43-18-2-6-20-47(43)55(48)37-13-9-11-33(29-37)35-23-27-51-44(31-35)40-16-3-7-21-49(40)57-51/h1-32,41,50H. The van der Waals surface area contributed by atoms with Gasteiger partial charge in [-0.1, -0.05) is 121 Å². The Morgan fingerprint density at radius 3 is 1.91 bits per heavy atom. The van der Waals surface area contributed by atoms with Crippen molar-refractivity contribution in [1.82, 2.24) is 9.13 Å². The second-order valence-corrected chi connectivity index (χ2v) is 17.9. The number of para-hydroxylation sites is 2. The molecule has 0 saturated heterocycles. The van der Waals surface area contributed by atoms with Gasteiger partial charge in [0.2, 0.25) is 0 Å². The van der Waals surface area contributed by atoms with E-state index in [1.165, 1.54) is 102 Å². The van der Waals surface area contributed by atoms with Crippen molar-refractivity contribution in [3.05, 3.63) is 200 Å². The van der Waals surface area contributed by atoms with E-state index in [0.717, 1.165) is 5.69 Å². The Morgan fingerprint density at radius 2 is 1.07 bits per heavy atom. The molecule has 0 bridgehead atoms. The maximum Gasteiger partial charge on any atom is 0.0641 e. The van der Waals surface area contributed by atoms with Crippen molar-refractivity contribution in [3.63, 3.8) is 0 Å². The highest BCUT2D eigenvalue weighted by Gasteiger charge is 2.31. The van der Waals surface area contributed by atoms with Gasteiger partial charge in [-0.15, -0.1) is 23.1 Å². The smallest absolute Gasteiger partial charge is 0.0641 e. The first-order chi connectivity index (χ1) is 28.7. The highest BCUT2D eigenvalue weighted by atomic mass is 32.2. The monoisotopic (exact) mass is 774 g/mol. The molecule has 1 aliphatic carbocycles. The molecule has 2 atom stereocenters. The summed E-state index contributed by atoms with van der Waals surface area (Å²) in [6.07, 6.45) is 9.10. The average molecular weight is 775 g/mol. The van der Waals surface area contributed by atoms with Crippen LogP contribution in [-0.4, -0.2) is 14.4 Å². The molecule has 0 spiro atoms. The van der Waals surface area contributed by atoms with Gasteiger partial charge in [-0.05, 0) is 101 Å². The molecule has 0 fully saturated rings. The van der Waals surface area contributed by atoms with Gasteiger partial charge in [0, 0.05) is 69.2 Å². The molecule has 1 aliphatic heterocycles. The summed E-state index contributed by atoms with van der Waals surface area (Å²) in [5.41, 5.74) is 13.6. The van der Waals surface area contributed by atoms with E-state index in [-0.39, 0.29) is 0 Å². The Kier molecular flexibility index (Phi) is 6.98. The molecule has 4 heterocycles. The van der Waals surface area contributed by atoms with Gasteiger partial charge in [-0.3, -0.25) is 0 Å². The summed E-state index contributed by atoms with van der Waals surface area (Å²) in [5.74, 6) is 0.432. The fraction of sp³-hybridized carbons (Fsp3) is 0.0370. The Balaban J connectivity index is 1.01. The fourth-order valence-corrected chi connectivity index (χ4v) is 12.2. The molecule has 272 valence electrons. The van der Waals surface area contributed by atoms with Gasteiger partial charge in [0.25, 0.3) is 0 Å². The van der Waals surface area contributed by atoms with E-state index in [9.17, 15) is 0 Å². The van der Waals surface area contributed by atoms with Crippen LogP contribution in [0.25, 0.3) is 97.4 Å². The first kappa shape index (κ1) is 32.5. The van der Waals surface area contributed by atoms with Crippen LogP contribution in [0.15, 0.2) is 199 Å². The molecule has 3 aromatic heterocycles. The van der Waals surface area contributed by atoms with Crippen LogP contribution in [0.3, 0.4) is 0 Å². The first-order valence-electron chi connectivity index (χ1n) is 20.0. The maximum absolute atomic E-state index is 2.51. The second-order valence-electron chi connectivity index (χ2n) is 15.6. The Bertz CT molecular complexity index is 3570. The highest BCUT2D eigenvalue weighted by Crippen LogP contribution is 2.49. The van der Waals surface area contributed by atoms with Crippen LogP contribution in [0, 0.1) is 0 Å². The lowest BCUT2D eigenvalue weighted by molar-refractivity contribution is 0.881. The van der Waals surface area contributed by atoms with E-state index in [0.29, 0.717) is 11.2 Å². The minimum absolute atomic E-state index is 0.432. The third kappa shape index (κ3) is 4.73. The third-order valence-corrected chi connectivity index (χ3v) is 14.9. The van der Waals surface area contributed by atoms with Crippen LogP contribution in [0.1, 0.15) is 11.5 Å². The largest absolute Gasteiger partial charge is 0.309 e. The predicted molar refractivity (Wildman–Crippen MR) is 250 cm³/mol. The molecular weight excluding hydrogens is 741 g/mol. The zero-order valence-electron chi connectivity index (χ0n) is 31.3. The fourth-order valence-electron chi connectivity index (χ4n) is 9.83. The number of fused-ring (bicyclic) bond motifs is 13. The van der Waals surface area contributed by atoms with E-state index >= 15 is 0 Å². The minimum atomic E-state index is 0.432. The van der Waals surface area contributed by atoms with E-state index in [2.05, 4.69) is 203 Å². The Hall–Kier alpha value is -6.59. The van der Waals surface area contributed by atoms with Crippen molar-refractivity contribution in [2.45, 2.75) is 16.1 Å². The van der Waals surface area contributed by atoms with Crippen molar-refractivity contribution in [2.24, 2.45) is 0 Å². The number of thiophene rings is 1. The molecule has 0 radical (unpaired) electrons. The van der Waals surface area contributed by atoms with Crippen molar-refractivity contribution in [2.75, 3.05) is 0 Å². The number of benzene rings is 8. The second kappa shape index (κ2) is 12.5. The van der Waals surface area contributed by atoms with E-state index < -0.39 is 0 Å². The molecule has 58 heavy (non-hydrogen) atoms. The minimum Gasteiger partial charge on any atom is -0.309 e. The lowest BCUT2D eigenvalue weighted by Crippen LogP contribution is -2.06. The van der Waals surface area contributed by atoms with E-state index in [1.807, 2.05) is 23.1 Å². The number of hydrogen-bond acceptors (Lipinski definition) is 2.